The highest BCUT2D eigenvalue weighted by Crippen LogP contribution is 2.17. The van der Waals surface area contributed by atoms with E-state index in [0.717, 1.165) is 24.1 Å². The van der Waals surface area contributed by atoms with E-state index in [1.807, 2.05) is 19.1 Å². The van der Waals surface area contributed by atoms with Crippen molar-refractivity contribution in [2.75, 3.05) is 0 Å². The van der Waals surface area contributed by atoms with E-state index >= 15 is 0 Å². The Morgan fingerprint density at radius 1 is 1.50 bits per heavy atom. The summed E-state index contributed by atoms with van der Waals surface area (Å²) in [5.74, 6) is 0.137. The van der Waals surface area contributed by atoms with Gasteiger partial charge in [0.05, 0.1) is 6.42 Å². The summed E-state index contributed by atoms with van der Waals surface area (Å²) >= 11 is 0. The van der Waals surface area contributed by atoms with Gasteiger partial charge in [-0.15, -0.1) is 0 Å². The number of rotatable bonds is 3. The summed E-state index contributed by atoms with van der Waals surface area (Å²) in [5.41, 5.74) is 2.01. The van der Waals surface area contributed by atoms with Crippen LogP contribution in [-0.4, -0.2) is 16.9 Å². The number of aromatic nitrogens is 1. The lowest BCUT2D eigenvalue weighted by Gasteiger charge is -2.11. The molecule has 1 fully saturated rings. The lowest BCUT2D eigenvalue weighted by Crippen LogP contribution is -2.33. The largest absolute Gasteiger partial charge is 0.353 e. The second kappa shape index (κ2) is 5.10. The lowest BCUT2D eigenvalue weighted by atomic mass is 10.1. The number of carbonyl (C=O) groups excluding carboxylic acids is 1. The summed E-state index contributed by atoms with van der Waals surface area (Å²) in [6.07, 6.45) is 7.01. The van der Waals surface area contributed by atoms with Crippen LogP contribution >= 0.6 is 0 Å². The predicted molar refractivity (Wildman–Crippen MR) is 63.1 cm³/mol. The van der Waals surface area contributed by atoms with Crippen LogP contribution in [0.4, 0.5) is 0 Å². The zero-order chi connectivity index (χ0) is 11.4. The number of pyridine rings is 1. The van der Waals surface area contributed by atoms with Gasteiger partial charge in [0.1, 0.15) is 0 Å². The third-order valence-corrected chi connectivity index (χ3v) is 3.05. The van der Waals surface area contributed by atoms with Crippen LogP contribution in [0.2, 0.25) is 0 Å². The molecule has 16 heavy (non-hydrogen) atoms. The van der Waals surface area contributed by atoms with Gasteiger partial charge in [-0.3, -0.25) is 9.78 Å². The summed E-state index contributed by atoms with van der Waals surface area (Å²) in [5, 5.41) is 3.09. The summed E-state index contributed by atoms with van der Waals surface area (Å²) in [6.45, 7) is 1.94. The minimum Gasteiger partial charge on any atom is -0.353 e. The van der Waals surface area contributed by atoms with Crippen LogP contribution in [0.1, 0.15) is 36.9 Å². The number of nitrogens with zero attached hydrogens (tertiary/aromatic N) is 1. The van der Waals surface area contributed by atoms with E-state index in [0.29, 0.717) is 12.5 Å². The Labute approximate surface area is 96.3 Å². The van der Waals surface area contributed by atoms with Crippen LogP contribution < -0.4 is 5.32 Å². The highest BCUT2D eigenvalue weighted by molar-refractivity contribution is 5.78. The third-order valence-electron chi connectivity index (χ3n) is 3.05. The van der Waals surface area contributed by atoms with E-state index < -0.39 is 0 Å². The van der Waals surface area contributed by atoms with Crippen molar-refractivity contribution in [3.05, 3.63) is 29.6 Å². The van der Waals surface area contributed by atoms with Gasteiger partial charge in [0.2, 0.25) is 5.91 Å². The lowest BCUT2D eigenvalue weighted by molar-refractivity contribution is -0.121. The molecule has 0 radical (unpaired) electrons. The van der Waals surface area contributed by atoms with Crippen molar-refractivity contribution in [1.29, 1.82) is 0 Å². The Balaban J connectivity index is 1.86. The molecule has 0 atom stereocenters. The molecule has 0 unspecified atom stereocenters. The maximum absolute atomic E-state index is 11.7. The molecule has 86 valence electrons. The van der Waals surface area contributed by atoms with Crippen molar-refractivity contribution in [2.24, 2.45) is 0 Å². The molecule has 3 heteroatoms. The van der Waals surface area contributed by atoms with Gasteiger partial charge in [0.25, 0.3) is 0 Å². The topological polar surface area (TPSA) is 42.0 Å². The Morgan fingerprint density at radius 3 is 2.94 bits per heavy atom. The highest BCUT2D eigenvalue weighted by atomic mass is 16.1. The molecule has 1 aromatic rings. The second-order valence-corrected chi connectivity index (χ2v) is 4.53. The molecular weight excluding hydrogens is 200 g/mol. The maximum Gasteiger partial charge on any atom is 0.224 e. The molecule has 1 aromatic heterocycles. The maximum atomic E-state index is 11.7. The number of nitrogens with one attached hydrogen (secondary N) is 1. The third kappa shape index (κ3) is 3.05. The van der Waals surface area contributed by atoms with Gasteiger partial charge in [-0.25, -0.2) is 0 Å². The molecular formula is C13H18N2O. The van der Waals surface area contributed by atoms with E-state index in [2.05, 4.69) is 10.3 Å². The van der Waals surface area contributed by atoms with E-state index in [4.69, 9.17) is 0 Å². The zero-order valence-electron chi connectivity index (χ0n) is 9.70. The standard InChI is InChI=1S/C13H18N2O/c1-10-8-11(6-7-14-10)9-13(16)15-12-4-2-3-5-12/h6-8,12H,2-5,9H2,1H3,(H,15,16). The molecule has 0 aromatic carbocycles. The predicted octanol–water partition coefficient (Wildman–Crippen LogP) is 1.99. The van der Waals surface area contributed by atoms with Crippen molar-refractivity contribution >= 4 is 5.91 Å². The van der Waals surface area contributed by atoms with Crippen molar-refractivity contribution in [3.63, 3.8) is 0 Å². The van der Waals surface area contributed by atoms with Crippen molar-refractivity contribution in [1.82, 2.24) is 10.3 Å². The molecule has 1 saturated carbocycles. The first-order chi connectivity index (χ1) is 7.74. The first kappa shape index (κ1) is 11.1. The molecule has 0 bridgehead atoms. The minimum absolute atomic E-state index is 0.137. The molecule has 2 rings (SSSR count). The van der Waals surface area contributed by atoms with Gasteiger partial charge < -0.3 is 5.32 Å². The van der Waals surface area contributed by atoms with Crippen molar-refractivity contribution in [2.45, 2.75) is 45.1 Å². The Hall–Kier alpha value is -1.38. The number of amides is 1. The summed E-state index contributed by atoms with van der Waals surface area (Å²) < 4.78 is 0. The van der Waals surface area contributed by atoms with E-state index in [1.165, 1.54) is 12.8 Å². The highest BCUT2D eigenvalue weighted by Gasteiger charge is 2.16. The van der Waals surface area contributed by atoms with Gasteiger partial charge in [0, 0.05) is 17.9 Å². The Kier molecular flexibility index (Phi) is 3.54. The summed E-state index contributed by atoms with van der Waals surface area (Å²) in [6, 6.07) is 4.28. The van der Waals surface area contributed by atoms with Gasteiger partial charge in [0.15, 0.2) is 0 Å². The van der Waals surface area contributed by atoms with Crippen LogP contribution in [0.3, 0.4) is 0 Å². The Bertz CT molecular complexity index is 370. The second-order valence-electron chi connectivity index (χ2n) is 4.53. The minimum atomic E-state index is 0.137. The molecule has 3 nitrogen and oxygen atoms in total. The monoisotopic (exact) mass is 218 g/mol. The first-order valence-corrected chi connectivity index (χ1v) is 5.95. The molecule has 1 heterocycles. The quantitative estimate of drug-likeness (QED) is 0.843. The van der Waals surface area contributed by atoms with Gasteiger partial charge in [-0.1, -0.05) is 12.8 Å². The van der Waals surface area contributed by atoms with E-state index in [9.17, 15) is 4.79 Å². The van der Waals surface area contributed by atoms with Crippen molar-refractivity contribution < 1.29 is 4.79 Å². The average Bonchev–Trinajstić information content (AvgIpc) is 2.70. The van der Waals surface area contributed by atoms with Crippen LogP contribution in [0, 0.1) is 6.92 Å². The van der Waals surface area contributed by atoms with Crippen LogP contribution in [0.25, 0.3) is 0 Å². The van der Waals surface area contributed by atoms with E-state index in [1.54, 1.807) is 6.20 Å². The smallest absolute Gasteiger partial charge is 0.224 e. The molecule has 1 aliphatic carbocycles. The number of aryl methyl sites for hydroxylation is 1. The van der Waals surface area contributed by atoms with Crippen LogP contribution in [-0.2, 0) is 11.2 Å². The number of hydrogen-bond acceptors (Lipinski definition) is 2. The van der Waals surface area contributed by atoms with Gasteiger partial charge in [-0.2, -0.15) is 0 Å². The van der Waals surface area contributed by atoms with Gasteiger partial charge in [-0.05, 0) is 37.5 Å². The Morgan fingerprint density at radius 2 is 2.25 bits per heavy atom. The molecule has 0 spiro atoms. The fraction of sp³-hybridized carbons (Fsp3) is 0.538. The fourth-order valence-electron chi connectivity index (χ4n) is 2.25. The SMILES string of the molecule is Cc1cc(CC(=O)NC2CCCC2)ccn1. The first-order valence-electron chi connectivity index (χ1n) is 5.95. The molecule has 0 aliphatic heterocycles. The normalized spacial score (nSPS) is 16.3. The molecule has 1 N–H and O–H groups in total. The number of hydrogen-bond donors (Lipinski definition) is 1. The summed E-state index contributed by atoms with van der Waals surface area (Å²) in [7, 11) is 0. The molecule has 0 saturated heterocycles. The average molecular weight is 218 g/mol. The van der Waals surface area contributed by atoms with E-state index in [-0.39, 0.29) is 5.91 Å². The number of carbonyl (C=O) groups is 1. The molecule has 1 aliphatic rings. The van der Waals surface area contributed by atoms with Crippen LogP contribution in [0.5, 0.6) is 0 Å². The molecule has 1 amide bonds. The van der Waals surface area contributed by atoms with Crippen molar-refractivity contribution in [3.8, 4) is 0 Å². The van der Waals surface area contributed by atoms with Crippen LogP contribution in [0.15, 0.2) is 18.3 Å². The van der Waals surface area contributed by atoms with Gasteiger partial charge >= 0.3 is 0 Å². The summed E-state index contributed by atoms with van der Waals surface area (Å²) in [4.78, 5) is 15.9. The fourth-order valence-corrected chi connectivity index (χ4v) is 2.25. The zero-order valence-corrected chi connectivity index (χ0v) is 9.70.